The summed E-state index contributed by atoms with van der Waals surface area (Å²) in [5.41, 5.74) is 8.26. The summed E-state index contributed by atoms with van der Waals surface area (Å²) < 4.78 is 9.64. The second-order valence-corrected chi connectivity index (χ2v) is 5.56. The van der Waals surface area contributed by atoms with E-state index in [9.17, 15) is 5.11 Å². The van der Waals surface area contributed by atoms with Crippen LogP contribution in [-0.4, -0.2) is 22.9 Å². The zero-order chi connectivity index (χ0) is 16.2. The molecule has 0 aliphatic rings. The van der Waals surface area contributed by atoms with Crippen LogP contribution in [0, 0.1) is 0 Å². The lowest BCUT2D eigenvalue weighted by Gasteiger charge is -2.07. The van der Waals surface area contributed by atoms with Crippen LogP contribution in [0.2, 0.25) is 5.02 Å². The number of nitrogens with zero attached hydrogens (tertiary/aromatic N) is 2. The summed E-state index contributed by atoms with van der Waals surface area (Å²) in [6, 6.07) is 15.3. The van der Waals surface area contributed by atoms with Crippen LogP contribution >= 0.6 is 11.6 Å². The predicted octanol–water partition coefficient (Wildman–Crippen LogP) is 2.24. The van der Waals surface area contributed by atoms with Crippen LogP contribution in [0.1, 0.15) is 0 Å². The van der Waals surface area contributed by atoms with Crippen molar-refractivity contribution in [3.05, 3.63) is 53.6 Å². The van der Waals surface area contributed by atoms with Gasteiger partial charge in [0.1, 0.15) is 29.9 Å². The highest BCUT2D eigenvalue weighted by Gasteiger charge is 2.20. The first-order chi connectivity index (χ1) is 11.2. The summed E-state index contributed by atoms with van der Waals surface area (Å²) in [4.78, 5) is 0. The molecule has 5 nitrogen and oxygen atoms in total. The molecule has 6 heteroatoms. The number of hydrogen-bond donors (Lipinski definition) is 2. The molecule has 3 aromatic rings. The van der Waals surface area contributed by atoms with Crippen molar-refractivity contribution < 1.29 is 14.4 Å². The first-order valence-corrected chi connectivity index (χ1v) is 7.85. The van der Waals surface area contributed by atoms with E-state index < -0.39 is 0 Å². The number of para-hydroxylation sites is 3. The standard InChI is InChI=1S/C17H18ClN3O2/c18-13-5-1-4-8-16(13)23-12-10-21-15-7-3-2-6-14(15)20(9-11-22)17(21)19/h1-8,19,22H,9-12H2/p+1. The second-order valence-electron chi connectivity index (χ2n) is 5.15. The van der Waals surface area contributed by atoms with Crippen LogP contribution < -0.4 is 15.0 Å². The molecule has 23 heavy (non-hydrogen) atoms. The van der Waals surface area contributed by atoms with Gasteiger partial charge in [-0.15, -0.1) is 0 Å². The number of nitrogens with two attached hydrogens (primary N) is 1. The third kappa shape index (κ3) is 3.11. The van der Waals surface area contributed by atoms with Gasteiger partial charge in [-0.3, -0.25) is 5.73 Å². The number of hydrogen-bond acceptors (Lipinski definition) is 3. The van der Waals surface area contributed by atoms with Gasteiger partial charge >= 0.3 is 5.95 Å². The van der Waals surface area contributed by atoms with E-state index >= 15 is 0 Å². The lowest BCUT2D eigenvalue weighted by molar-refractivity contribution is -0.658. The summed E-state index contributed by atoms with van der Waals surface area (Å²) in [6.07, 6.45) is 0. The Labute approximate surface area is 139 Å². The number of halogens is 1. The Morgan fingerprint density at radius 3 is 2.65 bits per heavy atom. The van der Waals surface area contributed by atoms with Crippen LogP contribution in [0.25, 0.3) is 11.0 Å². The highest BCUT2D eigenvalue weighted by Crippen LogP contribution is 2.23. The molecule has 0 unspecified atom stereocenters. The number of anilines is 1. The van der Waals surface area contributed by atoms with Gasteiger partial charge in [-0.2, -0.15) is 0 Å². The minimum Gasteiger partial charge on any atom is -0.489 e. The van der Waals surface area contributed by atoms with Crippen molar-refractivity contribution in [2.45, 2.75) is 13.1 Å². The molecule has 0 spiro atoms. The molecule has 0 radical (unpaired) electrons. The quantitative estimate of drug-likeness (QED) is 0.680. The molecule has 0 saturated carbocycles. The number of rotatable bonds is 6. The van der Waals surface area contributed by atoms with Gasteiger partial charge in [-0.25, -0.2) is 9.13 Å². The first-order valence-electron chi connectivity index (χ1n) is 7.47. The van der Waals surface area contributed by atoms with Gasteiger partial charge in [-0.05, 0) is 24.3 Å². The first kappa shape index (κ1) is 15.6. The smallest absolute Gasteiger partial charge is 0.356 e. The average Bonchev–Trinajstić information content (AvgIpc) is 2.83. The topological polar surface area (TPSA) is 64.3 Å². The Hall–Kier alpha value is -2.24. The highest BCUT2D eigenvalue weighted by molar-refractivity contribution is 6.32. The van der Waals surface area contributed by atoms with Crippen molar-refractivity contribution in [3.8, 4) is 5.75 Å². The fourth-order valence-corrected chi connectivity index (χ4v) is 2.88. The Bertz CT molecular complexity index is 817. The molecule has 3 rings (SSSR count). The van der Waals surface area contributed by atoms with Gasteiger partial charge in [0.2, 0.25) is 0 Å². The Kier molecular flexibility index (Phi) is 4.69. The van der Waals surface area contributed by atoms with E-state index in [1.807, 2.05) is 51.6 Å². The SMILES string of the molecule is Nc1n(CCOc2ccccc2Cl)c2ccccc2[n+]1CCO. The maximum atomic E-state index is 9.24. The van der Waals surface area contributed by atoms with Crippen molar-refractivity contribution in [2.75, 3.05) is 18.9 Å². The zero-order valence-electron chi connectivity index (χ0n) is 12.7. The molecular formula is C17H19ClN3O2+. The van der Waals surface area contributed by atoms with Gasteiger partial charge in [0.25, 0.3) is 0 Å². The fourth-order valence-electron chi connectivity index (χ4n) is 2.69. The van der Waals surface area contributed by atoms with Crippen molar-refractivity contribution >= 4 is 28.6 Å². The van der Waals surface area contributed by atoms with Gasteiger partial charge in [0.15, 0.2) is 0 Å². The van der Waals surface area contributed by atoms with E-state index in [-0.39, 0.29) is 6.61 Å². The number of aromatic nitrogens is 2. The summed E-state index contributed by atoms with van der Waals surface area (Å²) in [5.74, 6) is 1.26. The number of nitrogen functional groups attached to an aromatic ring is 1. The lowest BCUT2D eigenvalue weighted by Crippen LogP contribution is -2.38. The Morgan fingerprint density at radius 2 is 1.87 bits per heavy atom. The van der Waals surface area contributed by atoms with Crippen LogP contribution in [0.4, 0.5) is 5.95 Å². The van der Waals surface area contributed by atoms with Crippen LogP contribution in [-0.2, 0) is 13.1 Å². The van der Waals surface area contributed by atoms with E-state index in [0.29, 0.717) is 36.4 Å². The molecular weight excluding hydrogens is 314 g/mol. The summed E-state index contributed by atoms with van der Waals surface area (Å²) >= 11 is 6.09. The number of fused-ring (bicyclic) bond motifs is 1. The third-order valence-electron chi connectivity index (χ3n) is 3.75. The Balaban J connectivity index is 1.83. The van der Waals surface area contributed by atoms with Gasteiger partial charge < -0.3 is 9.84 Å². The molecule has 1 heterocycles. The maximum absolute atomic E-state index is 9.24. The normalized spacial score (nSPS) is 11.0. The van der Waals surface area contributed by atoms with Crippen molar-refractivity contribution in [3.63, 3.8) is 0 Å². The molecule has 120 valence electrons. The molecule has 0 bridgehead atoms. The summed E-state index contributed by atoms with van der Waals surface area (Å²) in [5, 5.41) is 9.83. The minimum absolute atomic E-state index is 0.0407. The predicted molar refractivity (Wildman–Crippen MR) is 90.6 cm³/mol. The van der Waals surface area contributed by atoms with E-state index in [4.69, 9.17) is 22.1 Å². The molecule has 0 fully saturated rings. The third-order valence-corrected chi connectivity index (χ3v) is 4.06. The van der Waals surface area contributed by atoms with Crippen molar-refractivity contribution in [1.82, 2.24) is 4.57 Å². The highest BCUT2D eigenvalue weighted by atomic mass is 35.5. The summed E-state index contributed by atoms with van der Waals surface area (Å²) in [7, 11) is 0. The number of aliphatic hydroxyl groups excluding tert-OH is 1. The van der Waals surface area contributed by atoms with Crippen molar-refractivity contribution in [2.24, 2.45) is 0 Å². The molecule has 0 aliphatic heterocycles. The zero-order valence-corrected chi connectivity index (χ0v) is 13.4. The monoisotopic (exact) mass is 332 g/mol. The maximum Gasteiger partial charge on any atom is 0.356 e. The van der Waals surface area contributed by atoms with Gasteiger partial charge in [0, 0.05) is 0 Å². The molecule has 0 saturated heterocycles. The number of benzene rings is 2. The van der Waals surface area contributed by atoms with Gasteiger partial charge in [0.05, 0.1) is 18.2 Å². The van der Waals surface area contributed by atoms with E-state index in [1.54, 1.807) is 6.07 Å². The molecule has 2 aromatic carbocycles. The largest absolute Gasteiger partial charge is 0.489 e. The van der Waals surface area contributed by atoms with Gasteiger partial charge in [-0.1, -0.05) is 35.9 Å². The van der Waals surface area contributed by atoms with Crippen LogP contribution in [0.15, 0.2) is 48.5 Å². The molecule has 0 aliphatic carbocycles. The van der Waals surface area contributed by atoms with E-state index in [2.05, 4.69) is 0 Å². The number of ether oxygens (including phenoxy) is 1. The summed E-state index contributed by atoms with van der Waals surface area (Å²) in [6.45, 7) is 1.55. The molecule has 0 amide bonds. The van der Waals surface area contributed by atoms with Crippen LogP contribution in [0.5, 0.6) is 5.75 Å². The number of aliphatic hydroxyl groups is 1. The van der Waals surface area contributed by atoms with E-state index in [1.165, 1.54) is 0 Å². The number of imidazole rings is 1. The minimum atomic E-state index is 0.0407. The second kappa shape index (κ2) is 6.89. The average molecular weight is 333 g/mol. The Morgan fingerprint density at radius 1 is 1.13 bits per heavy atom. The molecule has 0 atom stereocenters. The molecule has 1 aromatic heterocycles. The van der Waals surface area contributed by atoms with E-state index in [0.717, 1.165) is 11.0 Å². The fraction of sp³-hybridized carbons (Fsp3) is 0.235. The van der Waals surface area contributed by atoms with Crippen LogP contribution in [0.3, 0.4) is 0 Å². The van der Waals surface area contributed by atoms with Crippen molar-refractivity contribution in [1.29, 1.82) is 0 Å². The molecule has 3 N–H and O–H groups in total. The lowest BCUT2D eigenvalue weighted by atomic mass is 10.3.